The van der Waals surface area contributed by atoms with Crippen molar-refractivity contribution < 1.29 is 4.92 Å². The SMILES string of the molecule is CSCCCNCc1c(Cl)cccc1[N+](=O)[O-]. The van der Waals surface area contributed by atoms with Crippen LogP contribution in [-0.2, 0) is 6.54 Å². The van der Waals surface area contributed by atoms with E-state index < -0.39 is 4.92 Å². The molecule has 1 N–H and O–H groups in total. The summed E-state index contributed by atoms with van der Waals surface area (Å²) in [5.41, 5.74) is 0.637. The minimum absolute atomic E-state index is 0.0786. The highest BCUT2D eigenvalue weighted by Crippen LogP contribution is 2.25. The number of rotatable bonds is 7. The van der Waals surface area contributed by atoms with E-state index in [1.54, 1.807) is 23.9 Å². The Morgan fingerprint density at radius 2 is 2.29 bits per heavy atom. The summed E-state index contributed by atoms with van der Waals surface area (Å²) in [7, 11) is 0. The van der Waals surface area contributed by atoms with Gasteiger partial charge in [-0.15, -0.1) is 0 Å². The third-order valence-electron chi connectivity index (χ3n) is 2.29. The number of nitro benzene ring substituents is 1. The van der Waals surface area contributed by atoms with Gasteiger partial charge < -0.3 is 5.32 Å². The summed E-state index contributed by atoms with van der Waals surface area (Å²) in [5.74, 6) is 1.08. The number of nitro groups is 1. The zero-order valence-corrected chi connectivity index (χ0v) is 11.2. The Labute approximate surface area is 110 Å². The minimum atomic E-state index is -0.398. The van der Waals surface area contributed by atoms with Gasteiger partial charge >= 0.3 is 0 Å². The smallest absolute Gasteiger partial charge is 0.275 e. The summed E-state index contributed by atoms with van der Waals surface area (Å²) < 4.78 is 0. The molecule has 1 aromatic carbocycles. The molecule has 0 heterocycles. The number of benzene rings is 1. The van der Waals surface area contributed by atoms with Crippen LogP contribution in [0.3, 0.4) is 0 Å². The molecule has 17 heavy (non-hydrogen) atoms. The normalized spacial score (nSPS) is 10.5. The van der Waals surface area contributed by atoms with Gasteiger partial charge in [0.15, 0.2) is 0 Å². The lowest BCUT2D eigenvalue weighted by Gasteiger charge is -2.07. The van der Waals surface area contributed by atoms with E-state index in [0.717, 1.165) is 18.7 Å². The van der Waals surface area contributed by atoms with E-state index in [1.165, 1.54) is 6.07 Å². The largest absolute Gasteiger partial charge is 0.312 e. The molecule has 0 fully saturated rings. The molecular weight excluding hydrogens is 260 g/mol. The number of nitrogens with one attached hydrogen (secondary N) is 1. The monoisotopic (exact) mass is 274 g/mol. The molecule has 94 valence electrons. The van der Waals surface area contributed by atoms with Crippen molar-refractivity contribution in [3.63, 3.8) is 0 Å². The maximum Gasteiger partial charge on any atom is 0.275 e. The minimum Gasteiger partial charge on any atom is -0.312 e. The Hall–Kier alpha value is -0.780. The summed E-state index contributed by atoms with van der Waals surface area (Å²) in [4.78, 5) is 10.4. The average Bonchev–Trinajstić information content (AvgIpc) is 2.30. The second-order valence-corrected chi connectivity index (χ2v) is 4.91. The molecule has 0 spiro atoms. The zero-order chi connectivity index (χ0) is 12.7. The first-order chi connectivity index (χ1) is 8.16. The van der Waals surface area contributed by atoms with Crippen molar-refractivity contribution in [2.24, 2.45) is 0 Å². The molecule has 1 rings (SSSR count). The molecule has 0 unspecified atom stereocenters. The van der Waals surface area contributed by atoms with E-state index in [2.05, 4.69) is 11.6 Å². The molecule has 0 amide bonds. The third kappa shape index (κ3) is 4.53. The highest BCUT2D eigenvalue weighted by atomic mass is 35.5. The van der Waals surface area contributed by atoms with Crippen molar-refractivity contribution in [1.82, 2.24) is 5.32 Å². The Morgan fingerprint density at radius 1 is 1.53 bits per heavy atom. The lowest BCUT2D eigenvalue weighted by Crippen LogP contribution is -2.16. The molecule has 0 aromatic heterocycles. The number of thioether (sulfide) groups is 1. The van der Waals surface area contributed by atoms with Gasteiger partial charge in [0.2, 0.25) is 0 Å². The predicted molar refractivity (Wildman–Crippen MR) is 72.8 cm³/mol. The van der Waals surface area contributed by atoms with Crippen LogP contribution in [0.5, 0.6) is 0 Å². The molecule has 0 saturated carbocycles. The fraction of sp³-hybridized carbons (Fsp3) is 0.455. The van der Waals surface area contributed by atoms with Crippen LogP contribution in [0.25, 0.3) is 0 Å². The van der Waals surface area contributed by atoms with E-state index in [0.29, 0.717) is 17.1 Å². The topological polar surface area (TPSA) is 55.2 Å². The number of hydrogen-bond acceptors (Lipinski definition) is 4. The summed E-state index contributed by atoms with van der Waals surface area (Å²) >= 11 is 7.75. The van der Waals surface area contributed by atoms with Crippen LogP contribution in [0, 0.1) is 10.1 Å². The summed E-state index contributed by atoms with van der Waals surface area (Å²) in [6.45, 7) is 1.27. The average molecular weight is 275 g/mol. The number of hydrogen-bond donors (Lipinski definition) is 1. The molecular formula is C11H15ClN2O2S. The van der Waals surface area contributed by atoms with Crippen LogP contribution >= 0.6 is 23.4 Å². The standard InChI is InChI=1S/C11H15ClN2O2S/c1-17-7-3-6-13-8-9-10(12)4-2-5-11(9)14(15)16/h2,4-5,13H,3,6-8H2,1H3. The van der Waals surface area contributed by atoms with Gasteiger partial charge in [0, 0.05) is 12.6 Å². The van der Waals surface area contributed by atoms with E-state index in [4.69, 9.17) is 11.6 Å². The fourth-order valence-corrected chi connectivity index (χ4v) is 2.12. The second kappa shape index (κ2) is 7.53. The first-order valence-corrected chi connectivity index (χ1v) is 7.05. The first-order valence-electron chi connectivity index (χ1n) is 5.28. The Bertz CT molecular complexity index is 388. The first kappa shape index (κ1) is 14.3. The van der Waals surface area contributed by atoms with Crippen molar-refractivity contribution in [3.8, 4) is 0 Å². The molecule has 0 bridgehead atoms. The molecule has 0 aliphatic carbocycles. The summed E-state index contributed by atoms with van der Waals surface area (Å²) in [6.07, 6.45) is 3.10. The Morgan fingerprint density at radius 3 is 2.94 bits per heavy atom. The highest BCUT2D eigenvalue weighted by Gasteiger charge is 2.15. The molecule has 4 nitrogen and oxygen atoms in total. The van der Waals surface area contributed by atoms with Crippen LogP contribution in [0.1, 0.15) is 12.0 Å². The van der Waals surface area contributed by atoms with E-state index in [-0.39, 0.29) is 5.69 Å². The fourth-order valence-electron chi connectivity index (χ4n) is 1.45. The number of nitrogens with zero attached hydrogens (tertiary/aromatic N) is 1. The van der Waals surface area contributed by atoms with E-state index in [9.17, 15) is 10.1 Å². The lowest BCUT2D eigenvalue weighted by molar-refractivity contribution is -0.385. The summed E-state index contributed by atoms with van der Waals surface area (Å²) in [5, 5.41) is 14.4. The third-order valence-corrected chi connectivity index (χ3v) is 3.35. The zero-order valence-electron chi connectivity index (χ0n) is 9.61. The van der Waals surface area contributed by atoms with Crippen molar-refractivity contribution in [3.05, 3.63) is 38.9 Å². The molecule has 1 aromatic rings. The molecule has 6 heteroatoms. The van der Waals surface area contributed by atoms with Gasteiger partial charge in [0.1, 0.15) is 0 Å². The highest BCUT2D eigenvalue weighted by molar-refractivity contribution is 7.98. The van der Waals surface area contributed by atoms with Crippen molar-refractivity contribution in [1.29, 1.82) is 0 Å². The lowest BCUT2D eigenvalue weighted by atomic mass is 10.2. The summed E-state index contributed by atoms with van der Waals surface area (Å²) in [6, 6.07) is 4.75. The van der Waals surface area contributed by atoms with Crippen LogP contribution in [-0.4, -0.2) is 23.5 Å². The molecule has 0 atom stereocenters. The maximum absolute atomic E-state index is 10.8. The van der Waals surface area contributed by atoms with Crippen LogP contribution < -0.4 is 5.32 Å². The van der Waals surface area contributed by atoms with Crippen LogP contribution in [0.2, 0.25) is 5.02 Å². The van der Waals surface area contributed by atoms with Gasteiger partial charge in [-0.2, -0.15) is 11.8 Å². The van der Waals surface area contributed by atoms with Crippen molar-refractivity contribution in [2.45, 2.75) is 13.0 Å². The van der Waals surface area contributed by atoms with E-state index >= 15 is 0 Å². The van der Waals surface area contributed by atoms with Gasteiger partial charge in [-0.1, -0.05) is 17.7 Å². The van der Waals surface area contributed by atoms with Crippen molar-refractivity contribution >= 4 is 29.1 Å². The number of halogens is 1. The molecule has 0 saturated heterocycles. The molecule has 0 aliphatic rings. The van der Waals surface area contributed by atoms with Gasteiger partial charge in [0.25, 0.3) is 5.69 Å². The Kier molecular flexibility index (Phi) is 6.32. The quantitative estimate of drug-likeness (QED) is 0.472. The molecule has 0 aliphatic heterocycles. The predicted octanol–water partition coefficient (Wildman–Crippen LogP) is 3.09. The second-order valence-electron chi connectivity index (χ2n) is 3.52. The maximum atomic E-state index is 10.8. The van der Waals surface area contributed by atoms with Gasteiger partial charge in [-0.25, -0.2) is 0 Å². The van der Waals surface area contributed by atoms with Gasteiger partial charge in [-0.05, 0) is 31.0 Å². The van der Waals surface area contributed by atoms with Crippen LogP contribution in [0.4, 0.5) is 5.69 Å². The Balaban J connectivity index is 2.60. The van der Waals surface area contributed by atoms with Gasteiger partial charge in [0.05, 0.1) is 15.5 Å². The van der Waals surface area contributed by atoms with Gasteiger partial charge in [-0.3, -0.25) is 10.1 Å². The van der Waals surface area contributed by atoms with Crippen LogP contribution in [0.15, 0.2) is 18.2 Å². The van der Waals surface area contributed by atoms with Crippen molar-refractivity contribution in [2.75, 3.05) is 18.6 Å². The van der Waals surface area contributed by atoms with E-state index in [1.807, 2.05) is 0 Å². The molecule has 0 radical (unpaired) electrons.